The summed E-state index contributed by atoms with van der Waals surface area (Å²) in [5.41, 5.74) is 5.27. The first-order valence-electron chi connectivity index (χ1n) is 10.2. The highest BCUT2D eigenvalue weighted by Crippen LogP contribution is 2.35. The number of nitrogens with zero attached hydrogens (tertiary/aromatic N) is 2. The van der Waals surface area contributed by atoms with Crippen molar-refractivity contribution in [1.29, 1.82) is 0 Å². The number of amides is 1. The van der Waals surface area contributed by atoms with Crippen LogP contribution in [0, 0.1) is 13.8 Å². The summed E-state index contributed by atoms with van der Waals surface area (Å²) in [5, 5.41) is 0.721. The number of hydrogen-bond acceptors (Lipinski definition) is 5. The van der Waals surface area contributed by atoms with Crippen LogP contribution in [0.4, 0.5) is 5.13 Å². The van der Waals surface area contributed by atoms with Gasteiger partial charge in [-0.15, -0.1) is 0 Å². The second kappa shape index (κ2) is 8.04. The largest absolute Gasteiger partial charge is 0.454 e. The third-order valence-corrected chi connectivity index (χ3v) is 6.62. The molecule has 0 aliphatic carbocycles. The summed E-state index contributed by atoms with van der Waals surface area (Å²) in [4.78, 5) is 20.1. The van der Waals surface area contributed by atoms with Crippen LogP contribution in [0.5, 0.6) is 11.5 Å². The van der Waals surface area contributed by atoms with Crippen LogP contribution in [0.15, 0.2) is 60.7 Å². The van der Waals surface area contributed by atoms with Gasteiger partial charge in [-0.1, -0.05) is 53.8 Å². The van der Waals surface area contributed by atoms with Gasteiger partial charge in [0.25, 0.3) is 0 Å². The third-order valence-electron chi connectivity index (χ3n) is 5.58. The number of carbonyl (C=O) groups is 1. The van der Waals surface area contributed by atoms with Crippen molar-refractivity contribution in [3.8, 4) is 11.5 Å². The molecule has 0 spiro atoms. The van der Waals surface area contributed by atoms with E-state index in [2.05, 4.69) is 26.0 Å². The van der Waals surface area contributed by atoms with Gasteiger partial charge in [-0.2, -0.15) is 0 Å². The summed E-state index contributed by atoms with van der Waals surface area (Å²) in [6.45, 7) is 4.86. The lowest BCUT2D eigenvalue weighted by atomic mass is 10.1. The zero-order chi connectivity index (χ0) is 21.4. The molecular formula is C25H22N2O3S. The molecule has 0 atom stereocenters. The standard InChI is InChI=1S/C25H22N2O3S/c1-16-8-11-22-24(17(16)2)26-25(31-22)27(14-18-6-4-3-5-7-18)23(28)13-19-9-10-20-21(12-19)30-15-29-20/h3-12H,13-15H2,1-2H3. The van der Waals surface area contributed by atoms with Gasteiger partial charge < -0.3 is 9.47 Å². The molecule has 5 rings (SSSR count). The lowest BCUT2D eigenvalue weighted by Crippen LogP contribution is -2.31. The maximum atomic E-state index is 13.5. The Morgan fingerprint density at radius 3 is 2.65 bits per heavy atom. The van der Waals surface area contributed by atoms with Gasteiger partial charge in [-0.25, -0.2) is 4.98 Å². The highest BCUT2D eigenvalue weighted by atomic mass is 32.1. The fraction of sp³-hybridized carbons (Fsp3) is 0.200. The van der Waals surface area contributed by atoms with Crippen LogP contribution >= 0.6 is 11.3 Å². The predicted octanol–water partition coefficient (Wildman–Crippen LogP) is 5.42. The van der Waals surface area contributed by atoms with Crippen molar-refractivity contribution in [3.63, 3.8) is 0 Å². The molecule has 0 fully saturated rings. The Labute approximate surface area is 184 Å². The van der Waals surface area contributed by atoms with Crippen LogP contribution in [0.2, 0.25) is 0 Å². The molecule has 0 bridgehead atoms. The maximum Gasteiger partial charge on any atom is 0.233 e. The summed E-state index contributed by atoms with van der Waals surface area (Å²) in [7, 11) is 0. The molecule has 156 valence electrons. The molecule has 2 heterocycles. The number of ether oxygens (including phenoxy) is 2. The number of fused-ring (bicyclic) bond motifs is 2. The van der Waals surface area contributed by atoms with Crippen molar-refractivity contribution in [2.45, 2.75) is 26.8 Å². The average molecular weight is 431 g/mol. The van der Waals surface area contributed by atoms with Crippen molar-refractivity contribution < 1.29 is 14.3 Å². The first kappa shape index (κ1) is 19.6. The number of aromatic nitrogens is 1. The third kappa shape index (κ3) is 3.86. The first-order chi connectivity index (χ1) is 15.1. The fourth-order valence-electron chi connectivity index (χ4n) is 3.68. The Hall–Kier alpha value is -3.38. The molecule has 1 amide bonds. The number of rotatable bonds is 5. The normalized spacial score (nSPS) is 12.3. The van der Waals surface area contributed by atoms with Gasteiger partial charge in [0.05, 0.1) is 23.2 Å². The molecule has 0 radical (unpaired) electrons. The smallest absolute Gasteiger partial charge is 0.233 e. The van der Waals surface area contributed by atoms with Gasteiger partial charge in [0.2, 0.25) is 12.7 Å². The number of aryl methyl sites for hydroxylation is 2. The van der Waals surface area contributed by atoms with Crippen molar-refractivity contribution >= 4 is 32.6 Å². The van der Waals surface area contributed by atoms with E-state index in [1.165, 1.54) is 5.56 Å². The Bertz CT molecular complexity index is 1270. The Kier molecular flexibility index (Phi) is 5.08. The predicted molar refractivity (Wildman–Crippen MR) is 123 cm³/mol. The van der Waals surface area contributed by atoms with Gasteiger partial charge in [-0.3, -0.25) is 9.69 Å². The number of thiazole rings is 1. The Morgan fingerprint density at radius 1 is 1.00 bits per heavy atom. The van der Waals surface area contributed by atoms with E-state index < -0.39 is 0 Å². The molecule has 3 aromatic carbocycles. The molecular weight excluding hydrogens is 408 g/mol. The molecule has 1 aliphatic heterocycles. The summed E-state index contributed by atoms with van der Waals surface area (Å²) in [6.07, 6.45) is 0.261. The molecule has 4 aromatic rings. The number of benzene rings is 3. The summed E-state index contributed by atoms with van der Waals surface area (Å²) in [5.74, 6) is 1.40. The highest BCUT2D eigenvalue weighted by molar-refractivity contribution is 7.22. The van der Waals surface area contributed by atoms with E-state index in [4.69, 9.17) is 14.5 Å². The SMILES string of the molecule is Cc1ccc2sc(N(Cc3ccccc3)C(=O)Cc3ccc4c(c3)OCO4)nc2c1C. The molecule has 31 heavy (non-hydrogen) atoms. The minimum Gasteiger partial charge on any atom is -0.454 e. The maximum absolute atomic E-state index is 13.5. The fourth-order valence-corrected chi connectivity index (χ4v) is 4.72. The number of carbonyl (C=O) groups excluding carboxylic acids is 1. The molecule has 1 aromatic heterocycles. The second-order valence-corrected chi connectivity index (χ2v) is 8.69. The summed E-state index contributed by atoms with van der Waals surface area (Å²) < 4.78 is 11.9. The molecule has 5 nitrogen and oxygen atoms in total. The van der Waals surface area contributed by atoms with Gasteiger partial charge in [0.15, 0.2) is 16.6 Å². The monoisotopic (exact) mass is 430 g/mol. The van der Waals surface area contributed by atoms with Crippen LogP contribution in [0.25, 0.3) is 10.2 Å². The van der Waals surface area contributed by atoms with Crippen LogP contribution in [-0.2, 0) is 17.8 Å². The highest BCUT2D eigenvalue weighted by Gasteiger charge is 2.22. The van der Waals surface area contributed by atoms with Gasteiger partial charge in [-0.05, 0) is 54.3 Å². The average Bonchev–Trinajstić information content (AvgIpc) is 3.42. The van der Waals surface area contributed by atoms with E-state index in [-0.39, 0.29) is 19.1 Å². The molecule has 0 unspecified atom stereocenters. The summed E-state index contributed by atoms with van der Waals surface area (Å²) >= 11 is 1.56. The van der Waals surface area contributed by atoms with Crippen molar-refractivity contribution in [3.05, 3.63) is 82.9 Å². The van der Waals surface area contributed by atoms with Gasteiger partial charge >= 0.3 is 0 Å². The quantitative estimate of drug-likeness (QED) is 0.424. The van der Waals surface area contributed by atoms with E-state index in [0.717, 1.165) is 32.0 Å². The van der Waals surface area contributed by atoms with E-state index in [1.54, 1.807) is 16.2 Å². The molecule has 0 saturated carbocycles. The molecule has 0 N–H and O–H groups in total. The molecule has 6 heteroatoms. The van der Waals surface area contributed by atoms with Gasteiger partial charge in [0.1, 0.15) is 0 Å². The summed E-state index contributed by atoms with van der Waals surface area (Å²) in [6, 6.07) is 19.9. The lowest BCUT2D eigenvalue weighted by Gasteiger charge is -2.20. The number of anilines is 1. The first-order valence-corrected chi connectivity index (χ1v) is 11.0. The minimum absolute atomic E-state index is 0.00357. The van der Waals surface area contributed by atoms with Crippen molar-refractivity contribution in [1.82, 2.24) is 4.98 Å². The van der Waals surface area contributed by atoms with E-state index in [1.807, 2.05) is 48.5 Å². The van der Waals surface area contributed by atoms with E-state index in [0.29, 0.717) is 18.0 Å². The molecule has 0 saturated heterocycles. The topological polar surface area (TPSA) is 51.7 Å². The van der Waals surface area contributed by atoms with Crippen LogP contribution in [0.1, 0.15) is 22.3 Å². The Morgan fingerprint density at radius 2 is 1.81 bits per heavy atom. The number of hydrogen-bond donors (Lipinski definition) is 0. The lowest BCUT2D eigenvalue weighted by molar-refractivity contribution is -0.118. The van der Waals surface area contributed by atoms with Crippen molar-refractivity contribution in [2.75, 3.05) is 11.7 Å². The van der Waals surface area contributed by atoms with Gasteiger partial charge in [0, 0.05) is 0 Å². The van der Waals surface area contributed by atoms with Crippen molar-refractivity contribution in [2.24, 2.45) is 0 Å². The molecule has 1 aliphatic rings. The van der Waals surface area contributed by atoms with E-state index in [9.17, 15) is 4.79 Å². The van der Waals surface area contributed by atoms with Crippen LogP contribution < -0.4 is 14.4 Å². The van der Waals surface area contributed by atoms with E-state index >= 15 is 0 Å². The van der Waals surface area contributed by atoms with Crippen LogP contribution in [0.3, 0.4) is 0 Å². The zero-order valence-electron chi connectivity index (χ0n) is 17.4. The minimum atomic E-state index is -0.00357. The van der Waals surface area contributed by atoms with Crippen LogP contribution in [-0.4, -0.2) is 17.7 Å². The zero-order valence-corrected chi connectivity index (χ0v) is 18.2. The Balaban J connectivity index is 1.49. The second-order valence-electron chi connectivity index (χ2n) is 7.68.